The van der Waals surface area contributed by atoms with Crippen molar-refractivity contribution in [2.24, 2.45) is 0 Å². The van der Waals surface area contributed by atoms with Crippen LogP contribution in [-0.2, 0) is 0 Å². The third kappa shape index (κ3) is 2.94. The van der Waals surface area contributed by atoms with Gasteiger partial charge in [0.2, 0.25) is 5.82 Å². The average Bonchev–Trinajstić information content (AvgIpc) is 2.95. The third-order valence-corrected chi connectivity index (χ3v) is 3.85. The summed E-state index contributed by atoms with van der Waals surface area (Å²) in [6.07, 6.45) is 0. The first-order valence-electron chi connectivity index (χ1n) is 7.07. The van der Waals surface area contributed by atoms with Crippen LogP contribution >= 0.6 is 11.6 Å². The Morgan fingerprint density at radius 3 is 2.15 bits per heavy atom. The number of rotatable bonds is 3. The number of aromatic nitrogens is 2. The second kappa shape index (κ2) is 6.49. The maximum Gasteiger partial charge on any atom is 0.273 e. The van der Waals surface area contributed by atoms with E-state index in [2.05, 4.69) is 10.4 Å². The number of nitrogens with one attached hydrogen (secondary N) is 2. The minimum absolute atomic E-state index is 0.0635. The fraction of sp³-hybridized carbons (Fsp3) is 0.0625. The molecule has 2 aromatic carbocycles. The van der Waals surface area contributed by atoms with Crippen molar-refractivity contribution >= 4 is 23.1 Å². The van der Waals surface area contributed by atoms with Crippen LogP contribution in [0.1, 0.15) is 5.56 Å². The number of nitrogens with zero attached hydrogens (tertiary/aromatic N) is 1. The number of aryl methyl sites for hydroxylation is 1. The number of halogens is 6. The molecule has 0 fully saturated rings. The van der Waals surface area contributed by atoms with Crippen molar-refractivity contribution in [2.45, 2.75) is 6.92 Å². The van der Waals surface area contributed by atoms with E-state index < -0.39 is 40.3 Å². The normalized spacial score (nSPS) is 11.0. The predicted octanol–water partition coefficient (Wildman–Crippen LogP) is 4.57. The fourth-order valence-corrected chi connectivity index (χ4v) is 2.46. The molecule has 3 aromatic rings. The molecule has 2 N–H and O–H groups in total. The van der Waals surface area contributed by atoms with Crippen molar-refractivity contribution in [3.05, 3.63) is 74.3 Å². The zero-order valence-electron chi connectivity index (χ0n) is 12.9. The summed E-state index contributed by atoms with van der Waals surface area (Å²) in [6.45, 7) is 1.78. The van der Waals surface area contributed by atoms with E-state index >= 15 is 0 Å². The monoisotopic (exact) mass is 389 g/mol. The maximum absolute atomic E-state index is 13.9. The summed E-state index contributed by atoms with van der Waals surface area (Å²) in [5.74, 6) is -11.0. The van der Waals surface area contributed by atoms with Gasteiger partial charge in [0.1, 0.15) is 11.5 Å². The van der Waals surface area contributed by atoms with Crippen LogP contribution in [0.3, 0.4) is 0 Å². The number of anilines is 2. The van der Waals surface area contributed by atoms with Crippen LogP contribution in [0.15, 0.2) is 29.1 Å². The zero-order chi connectivity index (χ0) is 19.2. The number of benzene rings is 2. The maximum atomic E-state index is 13.9. The molecule has 0 atom stereocenters. The molecule has 0 amide bonds. The molecule has 0 aliphatic heterocycles. The molecule has 136 valence electrons. The summed E-state index contributed by atoms with van der Waals surface area (Å²) < 4.78 is 67.8. The lowest BCUT2D eigenvalue weighted by molar-refractivity contribution is 0.373. The van der Waals surface area contributed by atoms with Gasteiger partial charge in [0.15, 0.2) is 23.3 Å². The van der Waals surface area contributed by atoms with Gasteiger partial charge in [-0.1, -0.05) is 17.7 Å². The highest BCUT2D eigenvalue weighted by atomic mass is 35.5. The van der Waals surface area contributed by atoms with Crippen LogP contribution in [0.2, 0.25) is 5.02 Å². The third-order valence-electron chi connectivity index (χ3n) is 3.52. The van der Waals surface area contributed by atoms with Gasteiger partial charge in [-0.3, -0.25) is 9.89 Å². The van der Waals surface area contributed by atoms with Crippen LogP contribution in [0.4, 0.5) is 33.5 Å². The topological polar surface area (TPSA) is 49.8 Å². The summed E-state index contributed by atoms with van der Waals surface area (Å²) in [5, 5.41) is 5.25. The van der Waals surface area contributed by atoms with E-state index in [-0.39, 0.29) is 10.5 Å². The summed E-state index contributed by atoms with van der Waals surface area (Å²) in [7, 11) is 0. The van der Waals surface area contributed by atoms with Gasteiger partial charge >= 0.3 is 0 Å². The second-order valence-corrected chi connectivity index (χ2v) is 5.78. The Hall–Kier alpha value is -2.81. The van der Waals surface area contributed by atoms with E-state index in [0.29, 0.717) is 10.7 Å². The van der Waals surface area contributed by atoms with Gasteiger partial charge in [0.05, 0.1) is 10.7 Å². The number of H-pyrrole nitrogens is 1. The first-order chi connectivity index (χ1) is 12.2. The molecule has 0 spiro atoms. The molecular formula is C16H9ClF5N3O. The Morgan fingerprint density at radius 1 is 0.962 bits per heavy atom. The first kappa shape index (κ1) is 18.0. The van der Waals surface area contributed by atoms with Gasteiger partial charge in [0, 0.05) is 6.07 Å². The minimum Gasteiger partial charge on any atom is -0.339 e. The quantitative estimate of drug-likeness (QED) is 0.392. The molecule has 26 heavy (non-hydrogen) atoms. The highest BCUT2D eigenvalue weighted by Gasteiger charge is 2.28. The first-order valence-corrected chi connectivity index (χ1v) is 7.45. The van der Waals surface area contributed by atoms with Crippen molar-refractivity contribution in [1.29, 1.82) is 0 Å². The smallest absolute Gasteiger partial charge is 0.273 e. The van der Waals surface area contributed by atoms with Crippen molar-refractivity contribution < 1.29 is 22.0 Å². The molecule has 3 rings (SSSR count). The Labute approximate surface area is 147 Å². The number of hydrogen-bond donors (Lipinski definition) is 2. The van der Waals surface area contributed by atoms with Crippen LogP contribution in [0.25, 0.3) is 5.69 Å². The van der Waals surface area contributed by atoms with E-state index in [1.165, 1.54) is 0 Å². The molecule has 0 unspecified atom stereocenters. The molecule has 0 aliphatic carbocycles. The molecule has 1 aromatic heterocycles. The Balaban J connectivity index is 2.11. The SMILES string of the molecule is Cc1ccc(Cl)c(Nc2cc(=O)n(-c3c(F)c(F)c(F)c(F)c3F)[nH]2)c1. The molecular weight excluding hydrogens is 381 g/mol. The largest absolute Gasteiger partial charge is 0.339 e. The van der Waals surface area contributed by atoms with Crippen LogP contribution < -0.4 is 10.9 Å². The van der Waals surface area contributed by atoms with Gasteiger partial charge in [-0.25, -0.2) is 26.6 Å². The molecule has 0 aliphatic rings. The van der Waals surface area contributed by atoms with Gasteiger partial charge in [-0.15, -0.1) is 0 Å². The van der Waals surface area contributed by atoms with E-state index in [0.717, 1.165) is 11.6 Å². The average molecular weight is 390 g/mol. The molecule has 0 bridgehead atoms. The summed E-state index contributed by atoms with van der Waals surface area (Å²) in [4.78, 5) is 12.0. The molecule has 10 heteroatoms. The fourth-order valence-electron chi connectivity index (χ4n) is 2.30. The van der Waals surface area contributed by atoms with Gasteiger partial charge in [0.25, 0.3) is 5.56 Å². The number of hydrogen-bond acceptors (Lipinski definition) is 2. The molecule has 0 saturated carbocycles. The van der Waals surface area contributed by atoms with Crippen LogP contribution in [-0.4, -0.2) is 9.78 Å². The lowest BCUT2D eigenvalue weighted by Crippen LogP contribution is -2.19. The standard InChI is InChI=1S/C16H9ClF5N3O/c1-6-2-3-7(17)8(4-6)23-9-5-10(26)25(24-9)16-14(21)12(19)11(18)13(20)15(16)22/h2-5,23-24H,1H3. The Kier molecular flexibility index (Phi) is 4.49. The van der Waals surface area contributed by atoms with Gasteiger partial charge < -0.3 is 5.32 Å². The van der Waals surface area contributed by atoms with Gasteiger partial charge in [-0.05, 0) is 24.6 Å². The molecule has 1 heterocycles. The Morgan fingerprint density at radius 2 is 1.54 bits per heavy atom. The summed E-state index contributed by atoms with van der Waals surface area (Å²) in [6, 6.07) is 5.84. The van der Waals surface area contributed by atoms with Crippen LogP contribution in [0, 0.1) is 36.0 Å². The zero-order valence-corrected chi connectivity index (χ0v) is 13.7. The van der Waals surface area contributed by atoms with E-state index in [9.17, 15) is 26.7 Å². The summed E-state index contributed by atoms with van der Waals surface area (Å²) >= 11 is 6.00. The molecule has 0 radical (unpaired) electrons. The molecule has 0 saturated heterocycles. The van der Waals surface area contributed by atoms with E-state index in [4.69, 9.17) is 11.6 Å². The van der Waals surface area contributed by atoms with E-state index in [1.54, 1.807) is 25.1 Å². The number of aromatic amines is 1. The molecule has 4 nitrogen and oxygen atoms in total. The Bertz CT molecular complexity index is 1050. The minimum atomic E-state index is -2.31. The van der Waals surface area contributed by atoms with Crippen molar-refractivity contribution in [3.8, 4) is 5.69 Å². The van der Waals surface area contributed by atoms with Crippen molar-refractivity contribution in [3.63, 3.8) is 0 Å². The predicted molar refractivity (Wildman–Crippen MR) is 85.7 cm³/mol. The summed E-state index contributed by atoms with van der Waals surface area (Å²) in [5.41, 5.74) is -1.25. The van der Waals surface area contributed by atoms with E-state index in [1.807, 2.05) is 0 Å². The highest BCUT2D eigenvalue weighted by Crippen LogP contribution is 2.27. The highest BCUT2D eigenvalue weighted by molar-refractivity contribution is 6.33. The van der Waals surface area contributed by atoms with Crippen molar-refractivity contribution in [2.75, 3.05) is 5.32 Å². The van der Waals surface area contributed by atoms with Crippen LogP contribution in [0.5, 0.6) is 0 Å². The second-order valence-electron chi connectivity index (χ2n) is 5.37. The van der Waals surface area contributed by atoms with Gasteiger partial charge in [-0.2, -0.15) is 0 Å². The lowest BCUT2D eigenvalue weighted by Gasteiger charge is -2.09. The lowest BCUT2D eigenvalue weighted by atomic mass is 10.2. The van der Waals surface area contributed by atoms with Crippen molar-refractivity contribution in [1.82, 2.24) is 9.78 Å².